The maximum absolute atomic E-state index is 10.8. The molecular weight excluding hydrogens is 288 g/mol. The first kappa shape index (κ1) is 13.8. The van der Waals surface area contributed by atoms with Crippen molar-refractivity contribution >= 4 is 21.9 Å². The van der Waals surface area contributed by atoms with Crippen LogP contribution in [0.1, 0.15) is 18.1 Å². The van der Waals surface area contributed by atoms with Gasteiger partial charge in [-0.15, -0.1) is 0 Å². The molecule has 5 heteroatoms. The first-order chi connectivity index (χ1) is 7.88. The van der Waals surface area contributed by atoms with Crippen LogP contribution in [0.15, 0.2) is 10.5 Å². The monoisotopic (exact) mass is 302 g/mol. The van der Waals surface area contributed by atoms with Crippen molar-refractivity contribution in [3.63, 3.8) is 0 Å². The van der Waals surface area contributed by atoms with E-state index in [1.54, 1.807) is 19.9 Å². The molecule has 0 aliphatic rings. The fraction of sp³-hybridized carbons (Fsp3) is 0.417. The van der Waals surface area contributed by atoms with Gasteiger partial charge in [0.05, 0.1) is 17.5 Å². The third-order valence-corrected chi connectivity index (χ3v) is 3.26. The highest BCUT2D eigenvalue weighted by Crippen LogP contribution is 2.38. The molecule has 0 spiro atoms. The molecule has 1 aromatic rings. The Morgan fingerprint density at radius 3 is 2.65 bits per heavy atom. The Hall–Kier alpha value is -1.23. The van der Waals surface area contributed by atoms with E-state index in [2.05, 4.69) is 15.9 Å². The Morgan fingerprint density at radius 1 is 1.59 bits per heavy atom. The molecule has 1 unspecified atom stereocenters. The summed E-state index contributed by atoms with van der Waals surface area (Å²) in [4.78, 5) is 10.8. The third kappa shape index (κ3) is 2.91. The molecule has 0 amide bonds. The molecule has 0 aromatic heterocycles. The lowest BCUT2D eigenvalue weighted by molar-refractivity contribution is -0.141. The van der Waals surface area contributed by atoms with Crippen molar-refractivity contribution in [3.8, 4) is 11.5 Å². The summed E-state index contributed by atoms with van der Waals surface area (Å²) >= 11 is 3.34. The van der Waals surface area contributed by atoms with E-state index in [1.807, 2.05) is 0 Å². The summed E-state index contributed by atoms with van der Waals surface area (Å²) in [6.45, 7) is 3.34. The zero-order valence-electron chi connectivity index (χ0n) is 9.95. The van der Waals surface area contributed by atoms with Gasteiger partial charge < -0.3 is 14.9 Å². The Balaban J connectivity index is 3.15. The number of rotatable bonds is 4. The summed E-state index contributed by atoms with van der Waals surface area (Å²) in [5, 5.41) is 18.8. The summed E-state index contributed by atoms with van der Waals surface area (Å²) in [6.07, 6.45) is 0.282. The van der Waals surface area contributed by atoms with Crippen molar-refractivity contribution in [2.45, 2.75) is 20.3 Å². The van der Waals surface area contributed by atoms with Crippen molar-refractivity contribution in [1.82, 2.24) is 0 Å². The summed E-state index contributed by atoms with van der Waals surface area (Å²) in [7, 11) is 1.52. The van der Waals surface area contributed by atoms with E-state index in [1.165, 1.54) is 7.11 Å². The minimum Gasteiger partial charge on any atom is -0.507 e. The molecule has 0 aliphatic heterocycles. The molecule has 0 saturated carbocycles. The molecule has 1 aromatic carbocycles. The van der Waals surface area contributed by atoms with Crippen molar-refractivity contribution in [2.75, 3.05) is 7.11 Å². The zero-order valence-corrected chi connectivity index (χ0v) is 11.5. The predicted octanol–water partition coefficient (Wildman–Crippen LogP) is 2.73. The second-order valence-corrected chi connectivity index (χ2v) is 4.82. The number of aliphatic carboxylic acids is 1. The molecule has 0 bridgehead atoms. The Labute approximate surface area is 108 Å². The molecule has 94 valence electrons. The van der Waals surface area contributed by atoms with E-state index >= 15 is 0 Å². The van der Waals surface area contributed by atoms with Gasteiger partial charge in [0.15, 0.2) is 0 Å². The molecule has 2 N–H and O–H groups in total. The van der Waals surface area contributed by atoms with Crippen molar-refractivity contribution < 1.29 is 19.7 Å². The fourth-order valence-corrected chi connectivity index (χ4v) is 2.37. The maximum atomic E-state index is 10.8. The van der Waals surface area contributed by atoms with Gasteiger partial charge in [-0.1, -0.05) is 6.92 Å². The summed E-state index contributed by atoms with van der Waals surface area (Å²) in [6, 6.07) is 1.70. The molecule has 4 nitrogen and oxygen atoms in total. The molecule has 0 saturated heterocycles. The molecule has 1 atom stereocenters. The second kappa shape index (κ2) is 5.40. The van der Waals surface area contributed by atoms with Crippen LogP contribution < -0.4 is 4.74 Å². The van der Waals surface area contributed by atoms with Gasteiger partial charge >= 0.3 is 5.97 Å². The van der Waals surface area contributed by atoms with Crippen LogP contribution in [0.5, 0.6) is 11.5 Å². The molecule has 0 fully saturated rings. The number of hydrogen-bond donors (Lipinski definition) is 2. The number of phenols is 1. The van der Waals surface area contributed by atoms with Crippen molar-refractivity contribution in [2.24, 2.45) is 5.92 Å². The largest absolute Gasteiger partial charge is 0.507 e. The Kier molecular flexibility index (Phi) is 4.40. The van der Waals surface area contributed by atoms with Gasteiger partial charge in [-0.2, -0.15) is 0 Å². The molecule has 17 heavy (non-hydrogen) atoms. The lowest BCUT2D eigenvalue weighted by atomic mass is 9.98. The number of methoxy groups -OCH3 is 1. The first-order valence-electron chi connectivity index (χ1n) is 5.16. The van der Waals surface area contributed by atoms with Gasteiger partial charge in [0.1, 0.15) is 11.5 Å². The summed E-state index contributed by atoms with van der Waals surface area (Å²) in [5.41, 5.74) is 1.21. The van der Waals surface area contributed by atoms with Crippen molar-refractivity contribution in [1.29, 1.82) is 0 Å². The number of ether oxygens (including phenoxy) is 1. The van der Waals surface area contributed by atoms with Crippen LogP contribution in [0.2, 0.25) is 0 Å². The van der Waals surface area contributed by atoms with Gasteiger partial charge in [0, 0.05) is 5.56 Å². The number of aromatic hydroxyl groups is 1. The number of phenolic OH excluding ortho intramolecular Hbond substituents is 1. The lowest BCUT2D eigenvalue weighted by Gasteiger charge is -2.14. The van der Waals surface area contributed by atoms with Crippen LogP contribution in [0.4, 0.5) is 0 Å². The smallest absolute Gasteiger partial charge is 0.306 e. The number of hydrogen-bond acceptors (Lipinski definition) is 3. The third-order valence-electron chi connectivity index (χ3n) is 2.67. The quantitative estimate of drug-likeness (QED) is 0.897. The Morgan fingerprint density at radius 2 is 2.18 bits per heavy atom. The Bertz CT molecular complexity index is 443. The highest BCUT2D eigenvalue weighted by molar-refractivity contribution is 9.10. The van der Waals surface area contributed by atoms with E-state index in [0.29, 0.717) is 21.3 Å². The highest BCUT2D eigenvalue weighted by atomic mass is 79.9. The van der Waals surface area contributed by atoms with Crippen LogP contribution >= 0.6 is 15.9 Å². The minimum atomic E-state index is -0.881. The van der Waals surface area contributed by atoms with Gasteiger partial charge in [-0.3, -0.25) is 4.79 Å². The van der Waals surface area contributed by atoms with Gasteiger partial charge in [0.25, 0.3) is 0 Å². The number of carboxylic acid groups (broad SMARTS) is 1. The number of carboxylic acids is 1. The van der Waals surface area contributed by atoms with E-state index in [4.69, 9.17) is 9.84 Å². The first-order valence-corrected chi connectivity index (χ1v) is 5.95. The number of carbonyl (C=O) groups is 1. The van der Waals surface area contributed by atoms with Crippen LogP contribution in [0, 0.1) is 12.8 Å². The van der Waals surface area contributed by atoms with Gasteiger partial charge in [-0.05, 0) is 40.9 Å². The van der Waals surface area contributed by atoms with Crippen LogP contribution in [0.25, 0.3) is 0 Å². The average Bonchev–Trinajstić information content (AvgIpc) is 2.26. The molecular formula is C12H15BrO4. The molecule has 1 rings (SSSR count). The number of benzene rings is 1. The average molecular weight is 303 g/mol. The van der Waals surface area contributed by atoms with Gasteiger partial charge in [0.2, 0.25) is 0 Å². The SMILES string of the molecule is COc1c(Br)cc(CC(C)C(=O)O)c(O)c1C. The highest BCUT2D eigenvalue weighted by Gasteiger charge is 2.18. The van der Waals surface area contributed by atoms with Crippen LogP contribution in [-0.2, 0) is 11.2 Å². The second-order valence-electron chi connectivity index (χ2n) is 3.97. The van der Waals surface area contributed by atoms with E-state index < -0.39 is 11.9 Å². The topological polar surface area (TPSA) is 66.8 Å². The fourth-order valence-electron chi connectivity index (χ4n) is 1.64. The standard InChI is InChI=1S/C12H15BrO4/c1-6(12(15)16)4-8-5-9(13)11(17-3)7(2)10(8)14/h5-6,14H,4H2,1-3H3,(H,15,16). The van der Waals surface area contributed by atoms with Crippen LogP contribution in [-0.4, -0.2) is 23.3 Å². The van der Waals surface area contributed by atoms with E-state index in [9.17, 15) is 9.90 Å². The number of halogens is 1. The normalized spacial score (nSPS) is 12.2. The lowest BCUT2D eigenvalue weighted by Crippen LogP contribution is -2.12. The summed E-state index contributed by atoms with van der Waals surface area (Å²) in [5.74, 6) is -0.762. The minimum absolute atomic E-state index is 0.0955. The molecule has 0 aliphatic carbocycles. The van der Waals surface area contributed by atoms with E-state index in [0.717, 1.165) is 0 Å². The predicted molar refractivity (Wildman–Crippen MR) is 67.6 cm³/mol. The summed E-state index contributed by atoms with van der Waals surface area (Å²) < 4.78 is 5.85. The van der Waals surface area contributed by atoms with E-state index in [-0.39, 0.29) is 12.2 Å². The van der Waals surface area contributed by atoms with Crippen LogP contribution in [0.3, 0.4) is 0 Å². The van der Waals surface area contributed by atoms with Crippen molar-refractivity contribution in [3.05, 3.63) is 21.7 Å². The van der Waals surface area contributed by atoms with Gasteiger partial charge in [-0.25, -0.2) is 0 Å². The molecule has 0 heterocycles. The zero-order chi connectivity index (χ0) is 13.2. The molecule has 0 radical (unpaired) electrons. The maximum Gasteiger partial charge on any atom is 0.306 e.